The van der Waals surface area contributed by atoms with E-state index in [4.69, 9.17) is 21.1 Å². The molecule has 1 amide bonds. The van der Waals surface area contributed by atoms with E-state index in [-0.39, 0.29) is 12.5 Å². The van der Waals surface area contributed by atoms with Gasteiger partial charge in [-0.25, -0.2) is 0 Å². The Morgan fingerprint density at radius 2 is 1.74 bits per heavy atom. The fraction of sp³-hybridized carbons (Fsp3) is 0.235. The Morgan fingerprint density at radius 1 is 1.09 bits per heavy atom. The van der Waals surface area contributed by atoms with Crippen molar-refractivity contribution >= 4 is 28.9 Å². The largest absolute Gasteiger partial charge is 0.497 e. The molecule has 0 heterocycles. The number of hydrogen-bond donors (Lipinski definition) is 2. The number of rotatable bonds is 6. The first-order valence-corrected chi connectivity index (χ1v) is 7.42. The van der Waals surface area contributed by atoms with E-state index in [1.807, 2.05) is 19.1 Å². The third kappa shape index (κ3) is 4.79. The lowest BCUT2D eigenvalue weighted by Gasteiger charge is -2.12. The Labute approximate surface area is 140 Å². The minimum Gasteiger partial charge on any atom is -0.497 e. The summed E-state index contributed by atoms with van der Waals surface area (Å²) in [5, 5.41) is 6.49. The lowest BCUT2D eigenvalue weighted by Crippen LogP contribution is -2.22. The quantitative estimate of drug-likeness (QED) is 0.845. The SMILES string of the molecule is COc1cc(NC(=O)CNc2cc(Cl)ccc2C)cc(OC)c1. The van der Waals surface area contributed by atoms with Crippen LogP contribution < -0.4 is 20.1 Å². The molecule has 23 heavy (non-hydrogen) atoms. The van der Waals surface area contributed by atoms with Crippen LogP contribution in [0.1, 0.15) is 5.56 Å². The molecule has 0 aliphatic rings. The summed E-state index contributed by atoms with van der Waals surface area (Å²) in [6, 6.07) is 10.7. The molecule has 6 heteroatoms. The Bertz CT molecular complexity index is 682. The van der Waals surface area contributed by atoms with Crippen LogP contribution in [-0.4, -0.2) is 26.7 Å². The molecule has 0 saturated carbocycles. The van der Waals surface area contributed by atoms with E-state index in [1.54, 1.807) is 38.5 Å². The number of carbonyl (C=O) groups excluding carboxylic acids is 1. The highest BCUT2D eigenvalue weighted by Crippen LogP contribution is 2.25. The van der Waals surface area contributed by atoms with Crippen LogP contribution in [0.25, 0.3) is 0 Å². The van der Waals surface area contributed by atoms with Gasteiger partial charge in [-0.05, 0) is 24.6 Å². The van der Waals surface area contributed by atoms with Gasteiger partial charge in [-0.2, -0.15) is 0 Å². The second-order valence-corrected chi connectivity index (χ2v) is 5.40. The van der Waals surface area contributed by atoms with Gasteiger partial charge < -0.3 is 20.1 Å². The van der Waals surface area contributed by atoms with E-state index in [1.165, 1.54) is 0 Å². The van der Waals surface area contributed by atoms with E-state index >= 15 is 0 Å². The van der Waals surface area contributed by atoms with E-state index < -0.39 is 0 Å². The van der Waals surface area contributed by atoms with Crippen LogP contribution in [0.15, 0.2) is 36.4 Å². The molecule has 0 saturated heterocycles. The number of anilines is 2. The average molecular weight is 335 g/mol. The van der Waals surface area contributed by atoms with Crippen molar-refractivity contribution in [1.29, 1.82) is 0 Å². The third-order valence-electron chi connectivity index (χ3n) is 3.27. The molecule has 0 radical (unpaired) electrons. The van der Waals surface area contributed by atoms with Gasteiger partial charge in [0.05, 0.1) is 20.8 Å². The number of aryl methyl sites for hydroxylation is 1. The lowest BCUT2D eigenvalue weighted by molar-refractivity contribution is -0.114. The van der Waals surface area contributed by atoms with Crippen molar-refractivity contribution in [2.24, 2.45) is 0 Å². The molecule has 2 N–H and O–H groups in total. The second-order valence-electron chi connectivity index (χ2n) is 4.96. The second kappa shape index (κ2) is 7.74. The van der Waals surface area contributed by atoms with Crippen molar-refractivity contribution in [3.05, 3.63) is 47.0 Å². The summed E-state index contributed by atoms with van der Waals surface area (Å²) in [4.78, 5) is 12.1. The number of carbonyl (C=O) groups is 1. The van der Waals surface area contributed by atoms with Gasteiger partial charge in [0.15, 0.2) is 0 Å². The van der Waals surface area contributed by atoms with Crippen molar-refractivity contribution in [2.75, 3.05) is 31.4 Å². The standard InChI is InChI=1S/C17H19ClN2O3/c1-11-4-5-12(18)6-16(11)19-10-17(21)20-13-7-14(22-2)9-15(8-13)23-3/h4-9,19H,10H2,1-3H3,(H,20,21). The molecule has 0 unspecified atom stereocenters. The molecule has 2 rings (SSSR count). The van der Waals surface area contributed by atoms with Gasteiger partial charge in [0.1, 0.15) is 11.5 Å². The molecule has 2 aromatic rings. The molecular weight excluding hydrogens is 316 g/mol. The summed E-state index contributed by atoms with van der Waals surface area (Å²) >= 11 is 5.96. The Morgan fingerprint density at radius 3 is 2.35 bits per heavy atom. The average Bonchev–Trinajstić information content (AvgIpc) is 2.55. The van der Waals surface area contributed by atoms with Gasteiger partial charge in [0, 0.05) is 34.6 Å². The zero-order chi connectivity index (χ0) is 16.8. The summed E-state index contributed by atoms with van der Waals surface area (Å²) in [5.74, 6) is 1.04. The van der Waals surface area contributed by atoms with E-state index in [0.717, 1.165) is 11.3 Å². The number of methoxy groups -OCH3 is 2. The first-order valence-electron chi connectivity index (χ1n) is 7.05. The van der Waals surface area contributed by atoms with E-state index in [9.17, 15) is 4.79 Å². The number of benzene rings is 2. The number of hydrogen-bond acceptors (Lipinski definition) is 4. The fourth-order valence-corrected chi connectivity index (χ4v) is 2.22. The maximum atomic E-state index is 12.1. The lowest BCUT2D eigenvalue weighted by atomic mass is 10.2. The number of nitrogens with one attached hydrogen (secondary N) is 2. The highest BCUT2D eigenvalue weighted by atomic mass is 35.5. The normalized spacial score (nSPS) is 10.1. The highest BCUT2D eigenvalue weighted by molar-refractivity contribution is 6.30. The Kier molecular flexibility index (Phi) is 5.71. The molecule has 122 valence electrons. The monoisotopic (exact) mass is 334 g/mol. The summed E-state index contributed by atoms with van der Waals surface area (Å²) in [5.41, 5.74) is 2.46. The summed E-state index contributed by atoms with van der Waals surface area (Å²) in [7, 11) is 3.12. The minimum atomic E-state index is -0.181. The minimum absolute atomic E-state index is 0.126. The van der Waals surface area contributed by atoms with Gasteiger partial charge in [-0.1, -0.05) is 17.7 Å². The zero-order valence-electron chi connectivity index (χ0n) is 13.3. The van der Waals surface area contributed by atoms with Crippen molar-refractivity contribution < 1.29 is 14.3 Å². The highest BCUT2D eigenvalue weighted by Gasteiger charge is 2.07. The summed E-state index contributed by atoms with van der Waals surface area (Å²) < 4.78 is 10.4. The van der Waals surface area contributed by atoms with Gasteiger partial charge in [0.2, 0.25) is 5.91 Å². The van der Waals surface area contributed by atoms with Crippen molar-refractivity contribution in [3.63, 3.8) is 0 Å². The van der Waals surface area contributed by atoms with Crippen LogP contribution >= 0.6 is 11.6 Å². The fourth-order valence-electron chi connectivity index (χ4n) is 2.04. The number of halogens is 1. The number of amides is 1. The molecule has 0 aliphatic heterocycles. The van der Waals surface area contributed by atoms with Crippen molar-refractivity contribution in [3.8, 4) is 11.5 Å². The molecule has 0 spiro atoms. The van der Waals surface area contributed by atoms with Gasteiger partial charge in [-0.15, -0.1) is 0 Å². The topological polar surface area (TPSA) is 59.6 Å². The van der Waals surface area contributed by atoms with Crippen LogP contribution in [0.4, 0.5) is 11.4 Å². The van der Waals surface area contributed by atoms with Gasteiger partial charge in [-0.3, -0.25) is 4.79 Å². The molecule has 0 bridgehead atoms. The predicted molar refractivity (Wildman–Crippen MR) is 92.9 cm³/mol. The van der Waals surface area contributed by atoms with Crippen LogP contribution in [0.5, 0.6) is 11.5 Å². The molecular formula is C17H19ClN2O3. The van der Waals surface area contributed by atoms with Crippen LogP contribution in [0.3, 0.4) is 0 Å². The molecule has 0 atom stereocenters. The predicted octanol–water partition coefficient (Wildman–Crippen LogP) is 3.72. The van der Waals surface area contributed by atoms with Gasteiger partial charge >= 0.3 is 0 Å². The van der Waals surface area contributed by atoms with E-state index in [0.29, 0.717) is 22.2 Å². The van der Waals surface area contributed by atoms with Crippen LogP contribution in [-0.2, 0) is 4.79 Å². The molecule has 2 aromatic carbocycles. The van der Waals surface area contributed by atoms with E-state index in [2.05, 4.69) is 10.6 Å². The first-order chi connectivity index (χ1) is 11.0. The molecule has 0 aliphatic carbocycles. The maximum absolute atomic E-state index is 12.1. The maximum Gasteiger partial charge on any atom is 0.243 e. The summed E-state index contributed by atoms with van der Waals surface area (Å²) in [6.45, 7) is 2.07. The van der Waals surface area contributed by atoms with Crippen LogP contribution in [0.2, 0.25) is 5.02 Å². The van der Waals surface area contributed by atoms with Gasteiger partial charge in [0.25, 0.3) is 0 Å². The van der Waals surface area contributed by atoms with Crippen LogP contribution in [0, 0.1) is 6.92 Å². The Balaban J connectivity index is 2.01. The molecule has 0 aromatic heterocycles. The third-order valence-corrected chi connectivity index (χ3v) is 3.51. The zero-order valence-corrected chi connectivity index (χ0v) is 14.0. The van der Waals surface area contributed by atoms with Crippen molar-refractivity contribution in [2.45, 2.75) is 6.92 Å². The Hall–Kier alpha value is -2.40. The smallest absolute Gasteiger partial charge is 0.243 e. The van der Waals surface area contributed by atoms with Crippen molar-refractivity contribution in [1.82, 2.24) is 0 Å². The summed E-state index contributed by atoms with van der Waals surface area (Å²) in [6.07, 6.45) is 0. The molecule has 0 fully saturated rings. The molecule has 5 nitrogen and oxygen atoms in total. The first kappa shape index (κ1) is 17.0. The number of ether oxygens (including phenoxy) is 2.